The third kappa shape index (κ3) is 2.04. The molecular formula is C15H17N3O. The van der Waals surface area contributed by atoms with E-state index in [1.54, 1.807) is 6.20 Å². The lowest BCUT2D eigenvalue weighted by Gasteiger charge is -2.10. The second-order valence-electron chi connectivity index (χ2n) is 4.74. The van der Waals surface area contributed by atoms with E-state index in [9.17, 15) is 0 Å². The molecule has 0 amide bonds. The van der Waals surface area contributed by atoms with Crippen LogP contribution >= 0.6 is 0 Å². The maximum Gasteiger partial charge on any atom is 0.134 e. The van der Waals surface area contributed by atoms with E-state index in [0.29, 0.717) is 0 Å². The van der Waals surface area contributed by atoms with Crippen LogP contribution in [0.3, 0.4) is 0 Å². The zero-order chi connectivity index (χ0) is 13.4. The molecule has 4 nitrogen and oxygen atoms in total. The van der Waals surface area contributed by atoms with Crippen molar-refractivity contribution in [1.82, 2.24) is 9.55 Å². The van der Waals surface area contributed by atoms with Crippen LogP contribution in [0, 0.1) is 6.92 Å². The number of nitrogens with zero attached hydrogens (tertiary/aromatic N) is 2. The summed E-state index contributed by atoms with van der Waals surface area (Å²) in [6.07, 6.45) is 3.70. The summed E-state index contributed by atoms with van der Waals surface area (Å²) in [6.45, 7) is 4.98. The molecule has 0 aliphatic heterocycles. The number of aromatic nitrogens is 2. The molecule has 0 aliphatic carbocycles. The summed E-state index contributed by atoms with van der Waals surface area (Å²) in [5.41, 5.74) is 8.34. The van der Waals surface area contributed by atoms with Crippen LogP contribution in [0.15, 0.2) is 41.1 Å². The van der Waals surface area contributed by atoms with Crippen LogP contribution < -0.4 is 5.73 Å². The molecule has 1 unspecified atom stereocenters. The number of rotatable bonds is 3. The van der Waals surface area contributed by atoms with Crippen molar-refractivity contribution in [2.45, 2.75) is 26.4 Å². The molecule has 2 heterocycles. The number of aryl methyl sites for hydroxylation is 2. The van der Waals surface area contributed by atoms with Crippen LogP contribution in [0.2, 0.25) is 0 Å². The highest BCUT2D eigenvalue weighted by molar-refractivity contribution is 5.78. The van der Waals surface area contributed by atoms with Gasteiger partial charge < -0.3 is 14.7 Å². The largest absolute Gasteiger partial charge is 0.459 e. The van der Waals surface area contributed by atoms with Crippen molar-refractivity contribution in [2.24, 2.45) is 5.73 Å². The Balaban J connectivity index is 2.04. The minimum Gasteiger partial charge on any atom is -0.459 e. The monoisotopic (exact) mass is 255 g/mol. The van der Waals surface area contributed by atoms with Crippen molar-refractivity contribution in [1.29, 1.82) is 0 Å². The lowest BCUT2D eigenvalue weighted by Crippen LogP contribution is -2.16. The van der Waals surface area contributed by atoms with Crippen LogP contribution in [-0.4, -0.2) is 9.55 Å². The molecule has 2 N–H and O–H groups in total. The van der Waals surface area contributed by atoms with Gasteiger partial charge in [-0.3, -0.25) is 0 Å². The summed E-state index contributed by atoms with van der Waals surface area (Å²) in [5, 5.41) is 1.08. The molecule has 0 saturated heterocycles. The van der Waals surface area contributed by atoms with Gasteiger partial charge in [0.25, 0.3) is 0 Å². The van der Waals surface area contributed by atoms with Crippen LogP contribution in [-0.2, 0) is 6.54 Å². The fourth-order valence-electron chi connectivity index (χ4n) is 2.33. The lowest BCUT2D eigenvalue weighted by molar-refractivity contribution is 0.504. The van der Waals surface area contributed by atoms with Crippen molar-refractivity contribution in [3.05, 3.63) is 53.8 Å². The standard InChI is InChI=1S/C15H17N3O/c1-3-18-7-6-17-15(18)14(16)13-9-11-8-10(2)4-5-12(11)19-13/h4-9,14H,3,16H2,1-2H3. The average molecular weight is 255 g/mol. The Morgan fingerprint density at radius 3 is 3.00 bits per heavy atom. The van der Waals surface area contributed by atoms with Crippen molar-refractivity contribution in [3.8, 4) is 0 Å². The van der Waals surface area contributed by atoms with Gasteiger partial charge in [-0.15, -0.1) is 0 Å². The van der Waals surface area contributed by atoms with Gasteiger partial charge in [0.1, 0.15) is 23.2 Å². The quantitative estimate of drug-likeness (QED) is 0.782. The molecule has 4 heteroatoms. The van der Waals surface area contributed by atoms with E-state index in [1.165, 1.54) is 5.56 Å². The minimum absolute atomic E-state index is 0.331. The summed E-state index contributed by atoms with van der Waals surface area (Å²) in [6, 6.07) is 7.78. The fourth-order valence-corrected chi connectivity index (χ4v) is 2.33. The first-order valence-electron chi connectivity index (χ1n) is 6.45. The van der Waals surface area contributed by atoms with Crippen molar-refractivity contribution < 1.29 is 4.42 Å². The molecule has 0 fully saturated rings. The first-order valence-corrected chi connectivity index (χ1v) is 6.45. The van der Waals surface area contributed by atoms with Gasteiger partial charge in [0, 0.05) is 24.3 Å². The van der Waals surface area contributed by atoms with Gasteiger partial charge in [0.05, 0.1) is 0 Å². The normalized spacial score (nSPS) is 13.0. The van der Waals surface area contributed by atoms with Gasteiger partial charge in [-0.2, -0.15) is 0 Å². The summed E-state index contributed by atoms with van der Waals surface area (Å²) in [4.78, 5) is 4.33. The predicted molar refractivity (Wildman–Crippen MR) is 74.9 cm³/mol. The topological polar surface area (TPSA) is 57.0 Å². The third-order valence-corrected chi connectivity index (χ3v) is 3.36. The van der Waals surface area contributed by atoms with Crippen molar-refractivity contribution in [3.63, 3.8) is 0 Å². The number of benzene rings is 1. The third-order valence-electron chi connectivity index (χ3n) is 3.36. The van der Waals surface area contributed by atoms with Gasteiger partial charge in [0.15, 0.2) is 0 Å². The second kappa shape index (κ2) is 4.55. The summed E-state index contributed by atoms with van der Waals surface area (Å²) in [7, 11) is 0. The van der Waals surface area contributed by atoms with Crippen LogP contribution in [0.5, 0.6) is 0 Å². The van der Waals surface area contributed by atoms with E-state index in [-0.39, 0.29) is 6.04 Å². The lowest BCUT2D eigenvalue weighted by atomic mass is 10.1. The highest BCUT2D eigenvalue weighted by Crippen LogP contribution is 2.26. The van der Waals surface area contributed by atoms with Gasteiger partial charge in [-0.25, -0.2) is 4.98 Å². The van der Waals surface area contributed by atoms with E-state index in [2.05, 4.69) is 24.9 Å². The van der Waals surface area contributed by atoms with Gasteiger partial charge in [0.2, 0.25) is 0 Å². The van der Waals surface area contributed by atoms with Gasteiger partial charge in [-0.05, 0) is 32.0 Å². The van der Waals surface area contributed by atoms with E-state index < -0.39 is 0 Å². The Bertz CT molecular complexity index is 711. The van der Waals surface area contributed by atoms with Crippen LogP contribution in [0.25, 0.3) is 11.0 Å². The van der Waals surface area contributed by atoms with E-state index in [1.807, 2.05) is 29.0 Å². The van der Waals surface area contributed by atoms with Gasteiger partial charge in [-0.1, -0.05) is 11.6 Å². The maximum atomic E-state index is 6.26. The number of nitrogens with two attached hydrogens (primary N) is 1. The Hall–Kier alpha value is -2.07. The molecular weight excluding hydrogens is 238 g/mol. The van der Waals surface area contributed by atoms with Crippen molar-refractivity contribution in [2.75, 3.05) is 0 Å². The summed E-state index contributed by atoms with van der Waals surface area (Å²) in [5.74, 6) is 1.58. The Morgan fingerprint density at radius 1 is 1.37 bits per heavy atom. The smallest absolute Gasteiger partial charge is 0.134 e. The molecule has 2 aromatic heterocycles. The maximum absolute atomic E-state index is 6.26. The molecule has 3 aromatic rings. The SMILES string of the molecule is CCn1ccnc1C(N)c1cc2cc(C)ccc2o1. The Kier molecular flexibility index (Phi) is 2.87. The van der Waals surface area contributed by atoms with E-state index in [4.69, 9.17) is 10.2 Å². The van der Waals surface area contributed by atoms with Crippen molar-refractivity contribution >= 4 is 11.0 Å². The van der Waals surface area contributed by atoms with Crippen LogP contribution in [0.4, 0.5) is 0 Å². The summed E-state index contributed by atoms with van der Waals surface area (Å²) >= 11 is 0. The first kappa shape index (κ1) is 12.0. The summed E-state index contributed by atoms with van der Waals surface area (Å²) < 4.78 is 7.86. The molecule has 1 atom stereocenters. The zero-order valence-corrected chi connectivity index (χ0v) is 11.1. The molecule has 0 bridgehead atoms. The molecule has 19 heavy (non-hydrogen) atoms. The van der Waals surface area contributed by atoms with E-state index >= 15 is 0 Å². The number of furan rings is 1. The highest BCUT2D eigenvalue weighted by atomic mass is 16.3. The number of fused-ring (bicyclic) bond motifs is 1. The van der Waals surface area contributed by atoms with Gasteiger partial charge >= 0.3 is 0 Å². The Labute approximate surface area is 111 Å². The Morgan fingerprint density at radius 2 is 2.21 bits per heavy atom. The number of hydrogen-bond acceptors (Lipinski definition) is 3. The molecule has 0 spiro atoms. The number of imidazole rings is 1. The molecule has 3 rings (SSSR count). The molecule has 0 saturated carbocycles. The zero-order valence-electron chi connectivity index (χ0n) is 11.1. The second-order valence-corrected chi connectivity index (χ2v) is 4.74. The van der Waals surface area contributed by atoms with E-state index in [0.717, 1.165) is 29.1 Å². The minimum atomic E-state index is -0.331. The molecule has 1 aromatic carbocycles. The molecule has 98 valence electrons. The first-order chi connectivity index (χ1) is 9.19. The number of hydrogen-bond donors (Lipinski definition) is 1. The highest BCUT2D eigenvalue weighted by Gasteiger charge is 2.18. The fraction of sp³-hybridized carbons (Fsp3) is 0.267. The average Bonchev–Trinajstić information content (AvgIpc) is 3.03. The predicted octanol–water partition coefficient (Wildman–Crippen LogP) is 3.01. The molecule has 0 radical (unpaired) electrons. The van der Waals surface area contributed by atoms with Crippen LogP contribution in [0.1, 0.15) is 30.1 Å². The molecule has 0 aliphatic rings.